The monoisotopic (exact) mass is 312 g/mol. The maximum absolute atomic E-state index is 12.2. The Bertz CT molecular complexity index is 520. The minimum Gasteiger partial charge on any atom is -0.384 e. The molecule has 1 heterocycles. The van der Waals surface area contributed by atoms with E-state index in [1.165, 1.54) is 0 Å². The Labute approximate surface area is 127 Å². The Balaban J connectivity index is 1.96. The molecule has 2 rings (SSSR count). The van der Waals surface area contributed by atoms with Crippen molar-refractivity contribution in [3.8, 4) is 0 Å². The number of piperidine rings is 1. The van der Waals surface area contributed by atoms with Crippen LogP contribution in [0.2, 0.25) is 0 Å². The lowest BCUT2D eigenvalue weighted by Gasteiger charge is -2.37. The van der Waals surface area contributed by atoms with Gasteiger partial charge in [-0.05, 0) is 31.5 Å². The van der Waals surface area contributed by atoms with Crippen molar-refractivity contribution in [2.75, 3.05) is 33.4 Å². The number of nitrogens with one attached hydrogen (secondary N) is 2. The number of hydrogen-bond acceptors (Lipinski definition) is 4. The van der Waals surface area contributed by atoms with Crippen molar-refractivity contribution in [1.82, 2.24) is 10.0 Å². The fourth-order valence-corrected chi connectivity index (χ4v) is 4.00. The second-order valence-corrected chi connectivity index (χ2v) is 7.56. The van der Waals surface area contributed by atoms with Crippen LogP contribution >= 0.6 is 0 Å². The molecule has 5 nitrogen and oxygen atoms in total. The molecule has 1 aliphatic heterocycles. The Morgan fingerprint density at radius 2 is 1.90 bits per heavy atom. The molecule has 0 spiro atoms. The molecule has 0 aliphatic carbocycles. The summed E-state index contributed by atoms with van der Waals surface area (Å²) in [7, 11) is -1.65. The van der Waals surface area contributed by atoms with E-state index in [9.17, 15) is 8.42 Å². The van der Waals surface area contributed by atoms with Crippen LogP contribution in [0.25, 0.3) is 0 Å². The predicted molar refractivity (Wildman–Crippen MR) is 83.5 cm³/mol. The van der Waals surface area contributed by atoms with Gasteiger partial charge in [0.25, 0.3) is 0 Å². The molecule has 118 valence electrons. The molecule has 0 amide bonds. The molecule has 1 saturated heterocycles. The molecule has 0 saturated carbocycles. The van der Waals surface area contributed by atoms with Gasteiger partial charge in [0.05, 0.1) is 12.4 Å². The first-order valence-electron chi connectivity index (χ1n) is 7.26. The molecule has 0 radical (unpaired) electrons. The molecule has 1 aromatic carbocycles. The summed E-state index contributed by atoms with van der Waals surface area (Å²) in [5.41, 5.74) is 0.708. The Morgan fingerprint density at radius 1 is 1.24 bits per heavy atom. The molecule has 0 unspecified atom stereocenters. The first-order valence-corrected chi connectivity index (χ1v) is 8.91. The van der Waals surface area contributed by atoms with Crippen LogP contribution in [0.15, 0.2) is 30.3 Å². The van der Waals surface area contributed by atoms with E-state index in [2.05, 4.69) is 10.0 Å². The molecule has 0 aromatic heterocycles. The van der Waals surface area contributed by atoms with Gasteiger partial charge >= 0.3 is 0 Å². The number of rotatable bonds is 7. The van der Waals surface area contributed by atoms with Gasteiger partial charge in [-0.25, -0.2) is 13.1 Å². The molecule has 1 aliphatic rings. The van der Waals surface area contributed by atoms with E-state index in [-0.39, 0.29) is 11.2 Å². The highest BCUT2D eigenvalue weighted by Gasteiger charge is 2.33. The topological polar surface area (TPSA) is 67.4 Å². The normalized spacial score (nSPS) is 18.5. The standard InChI is InChI=1S/C15H24N2O3S/c1-20-13-15(7-9-16-10-8-15)12-17-21(18,19)11-14-5-3-2-4-6-14/h2-6,16-17H,7-13H2,1H3. The van der Waals surface area contributed by atoms with E-state index in [1.807, 2.05) is 30.3 Å². The third-order valence-corrected chi connectivity index (χ3v) is 5.28. The molecule has 6 heteroatoms. The van der Waals surface area contributed by atoms with Crippen LogP contribution in [0.3, 0.4) is 0 Å². The van der Waals surface area contributed by atoms with Crippen molar-refractivity contribution in [3.05, 3.63) is 35.9 Å². The Hall–Kier alpha value is -0.950. The first kappa shape index (κ1) is 16.4. The first-order chi connectivity index (χ1) is 10.1. The van der Waals surface area contributed by atoms with Gasteiger partial charge in [0.2, 0.25) is 10.0 Å². The number of methoxy groups -OCH3 is 1. The van der Waals surface area contributed by atoms with E-state index in [0.717, 1.165) is 31.5 Å². The highest BCUT2D eigenvalue weighted by molar-refractivity contribution is 7.88. The van der Waals surface area contributed by atoms with Crippen molar-refractivity contribution in [3.63, 3.8) is 0 Å². The summed E-state index contributed by atoms with van der Waals surface area (Å²) in [6.07, 6.45) is 1.85. The SMILES string of the molecule is COCC1(CNS(=O)(=O)Cc2ccccc2)CCNCC1. The Kier molecular flexibility index (Phi) is 5.75. The third kappa shape index (κ3) is 5.07. The summed E-state index contributed by atoms with van der Waals surface area (Å²) >= 11 is 0. The van der Waals surface area contributed by atoms with Crippen LogP contribution in [-0.2, 0) is 20.5 Å². The fourth-order valence-electron chi connectivity index (χ4n) is 2.74. The fraction of sp³-hybridized carbons (Fsp3) is 0.600. The lowest BCUT2D eigenvalue weighted by Crippen LogP contribution is -2.47. The average Bonchev–Trinajstić information content (AvgIpc) is 2.47. The summed E-state index contributed by atoms with van der Waals surface area (Å²) in [5.74, 6) is 0.0230. The third-order valence-electron chi connectivity index (χ3n) is 3.98. The summed E-state index contributed by atoms with van der Waals surface area (Å²) in [5, 5.41) is 3.30. The minimum absolute atomic E-state index is 0.0230. The maximum atomic E-state index is 12.2. The predicted octanol–water partition coefficient (Wildman–Crippen LogP) is 1.12. The molecule has 1 aromatic rings. The molecule has 2 N–H and O–H groups in total. The van der Waals surface area contributed by atoms with Gasteiger partial charge in [0.15, 0.2) is 0 Å². The second-order valence-electron chi connectivity index (χ2n) is 5.75. The van der Waals surface area contributed by atoms with Gasteiger partial charge in [-0.2, -0.15) is 0 Å². The quantitative estimate of drug-likeness (QED) is 0.792. The number of sulfonamides is 1. The van der Waals surface area contributed by atoms with Crippen molar-refractivity contribution >= 4 is 10.0 Å². The van der Waals surface area contributed by atoms with E-state index in [1.54, 1.807) is 7.11 Å². The van der Waals surface area contributed by atoms with Gasteiger partial charge in [0.1, 0.15) is 0 Å². The van der Waals surface area contributed by atoms with Crippen LogP contribution in [-0.4, -0.2) is 41.8 Å². The largest absolute Gasteiger partial charge is 0.384 e. The maximum Gasteiger partial charge on any atom is 0.215 e. The molecule has 1 fully saturated rings. The minimum atomic E-state index is -3.32. The zero-order valence-electron chi connectivity index (χ0n) is 12.5. The molecule has 21 heavy (non-hydrogen) atoms. The lowest BCUT2D eigenvalue weighted by atomic mass is 9.80. The number of hydrogen-bond donors (Lipinski definition) is 2. The van der Waals surface area contributed by atoms with Gasteiger partial charge < -0.3 is 10.1 Å². The van der Waals surface area contributed by atoms with Gasteiger partial charge in [-0.15, -0.1) is 0 Å². The molecule has 0 bridgehead atoms. The van der Waals surface area contributed by atoms with E-state index >= 15 is 0 Å². The zero-order valence-corrected chi connectivity index (χ0v) is 13.3. The van der Waals surface area contributed by atoms with E-state index in [0.29, 0.717) is 13.2 Å². The van der Waals surface area contributed by atoms with Gasteiger partial charge in [0, 0.05) is 19.1 Å². The van der Waals surface area contributed by atoms with E-state index < -0.39 is 10.0 Å². The van der Waals surface area contributed by atoms with Gasteiger partial charge in [-0.1, -0.05) is 30.3 Å². The molecular formula is C15H24N2O3S. The van der Waals surface area contributed by atoms with Crippen LogP contribution in [0.5, 0.6) is 0 Å². The summed E-state index contributed by atoms with van der Waals surface area (Å²) in [6.45, 7) is 2.84. The lowest BCUT2D eigenvalue weighted by molar-refractivity contribution is 0.0577. The van der Waals surface area contributed by atoms with Crippen LogP contribution in [0.1, 0.15) is 18.4 Å². The smallest absolute Gasteiger partial charge is 0.215 e. The average molecular weight is 312 g/mol. The second kappa shape index (κ2) is 7.35. The number of benzene rings is 1. The zero-order chi connectivity index (χ0) is 15.2. The highest BCUT2D eigenvalue weighted by Crippen LogP contribution is 2.28. The summed E-state index contributed by atoms with van der Waals surface area (Å²) < 4.78 is 32.5. The van der Waals surface area contributed by atoms with E-state index in [4.69, 9.17) is 4.74 Å². The van der Waals surface area contributed by atoms with Crippen molar-refractivity contribution < 1.29 is 13.2 Å². The van der Waals surface area contributed by atoms with Crippen molar-refractivity contribution in [2.24, 2.45) is 5.41 Å². The van der Waals surface area contributed by atoms with Crippen molar-refractivity contribution in [2.45, 2.75) is 18.6 Å². The van der Waals surface area contributed by atoms with Crippen LogP contribution in [0.4, 0.5) is 0 Å². The van der Waals surface area contributed by atoms with Crippen molar-refractivity contribution in [1.29, 1.82) is 0 Å². The van der Waals surface area contributed by atoms with Crippen LogP contribution < -0.4 is 10.0 Å². The van der Waals surface area contributed by atoms with Gasteiger partial charge in [-0.3, -0.25) is 0 Å². The van der Waals surface area contributed by atoms with Crippen LogP contribution in [0, 0.1) is 5.41 Å². The number of ether oxygens (including phenoxy) is 1. The Morgan fingerprint density at radius 3 is 2.52 bits per heavy atom. The molecular weight excluding hydrogens is 288 g/mol. The highest BCUT2D eigenvalue weighted by atomic mass is 32.2. The summed E-state index contributed by atoms with van der Waals surface area (Å²) in [4.78, 5) is 0. The summed E-state index contributed by atoms with van der Waals surface area (Å²) in [6, 6.07) is 9.24. The molecule has 0 atom stereocenters.